The number of rotatable bonds is 12. The van der Waals surface area contributed by atoms with Gasteiger partial charge in [0.05, 0.1) is 5.70 Å². The maximum Gasteiger partial charge on any atom is 0.248 e. The van der Waals surface area contributed by atoms with Gasteiger partial charge in [0.15, 0.2) is 11.9 Å². The van der Waals surface area contributed by atoms with E-state index < -0.39 is 35.4 Å². The lowest BCUT2D eigenvalue weighted by Gasteiger charge is -2.23. The number of hydrogen-bond acceptors (Lipinski definition) is 7. The van der Waals surface area contributed by atoms with Gasteiger partial charge < -0.3 is 25.6 Å². The van der Waals surface area contributed by atoms with Crippen molar-refractivity contribution in [2.24, 2.45) is 5.92 Å². The molecule has 4 N–H and O–H groups in total. The Balaban J connectivity index is 1.52. The van der Waals surface area contributed by atoms with Gasteiger partial charge in [-0.25, -0.2) is 0 Å². The number of Topliss-reactive ketones (excluding diaryl/α,β-unsaturated/α-hetero) is 2. The van der Waals surface area contributed by atoms with Crippen LogP contribution in [0.15, 0.2) is 96.1 Å². The molecule has 0 aromatic rings. The molecule has 0 bridgehead atoms. The van der Waals surface area contributed by atoms with Crippen LogP contribution >= 0.6 is 0 Å². The van der Waals surface area contributed by atoms with Crippen molar-refractivity contribution in [3.63, 3.8) is 0 Å². The van der Waals surface area contributed by atoms with Crippen LogP contribution in [0.25, 0.3) is 0 Å². The average Bonchev–Trinajstić information content (AvgIpc) is 3.64. The fourth-order valence-corrected chi connectivity index (χ4v) is 3.92. The van der Waals surface area contributed by atoms with Gasteiger partial charge in [0.1, 0.15) is 23.2 Å². The molecule has 1 fully saturated rings. The highest BCUT2D eigenvalue weighted by Gasteiger charge is 2.59. The Labute approximate surface area is 227 Å². The highest BCUT2D eigenvalue weighted by Crippen LogP contribution is 2.40. The lowest BCUT2D eigenvalue weighted by Crippen LogP contribution is -2.42. The first-order valence-electron chi connectivity index (χ1n) is 12.9. The number of carbonyl (C=O) groups excluding carboxylic acids is 4. The Morgan fingerprint density at radius 2 is 1.64 bits per heavy atom. The van der Waals surface area contributed by atoms with Crippen LogP contribution in [0.1, 0.15) is 39.5 Å². The number of allylic oxidation sites excluding steroid dienone is 11. The first-order chi connectivity index (χ1) is 18.6. The average molecular weight is 536 g/mol. The van der Waals surface area contributed by atoms with Crippen molar-refractivity contribution in [3.8, 4) is 0 Å². The van der Waals surface area contributed by atoms with Gasteiger partial charge in [0.2, 0.25) is 17.6 Å². The summed E-state index contributed by atoms with van der Waals surface area (Å²) in [6.07, 6.45) is 21.1. The molecule has 0 saturated carbocycles. The molecule has 1 saturated heterocycles. The largest absolute Gasteiger partial charge is 0.510 e. The Hall–Kier alpha value is -4.08. The van der Waals surface area contributed by atoms with Crippen LogP contribution in [0.3, 0.4) is 0 Å². The first kappa shape index (κ1) is 29.5. The van der Waals surface area contributed by atoms with E-state index in [4.69, 9.17) is 4.74 Å². The van der Waals surface area contributed by atoms with Gasteiger partial charge in [-0.1, -0.05) is 68.5 Å². The number of ketones is 2. The zero-order valence-electron chi connectivity index (χ0n) is 22.0. The second-order valence-corrected chi connectivity index (χ2v) is 9.76. The Bertz CT molecular complexity index is 1230. The second-order valence-electron chi connectivity index (χ2n) is 9.76. The summed E-state index contributed by atoms with van der Waals surface area (Å²) in [4.78, 5) is 48.2. The molecule has 9 heteroatoms. The van der Waals surface area contributed by atoms with Crippen LogP contribution in [-0.2, 0) is 23.9 Å². The first-order valence-corrected chi connectivity index (χ1v) is 12.9. The summed E-state index contributed by atoms with van der Waals surface area (Å²) in [6.45, 7) is 4.33. The standard InChI is InChI=1S/C30H34N2O7/c1-20(2)13-9-5-3-4-6-10-14-24(35)31-21-19-30(38,29-28(39-29)27(21)37)18-12-8-7-11-15-25(36)32-26-22(33)16-17-23(26)34/h3-8,10-12,14-15,18-20,28-29,33,38H,9,13,16-17H2,1-2H3,(H,31,35)(H,32,36)/b5-3+,6-4+,8-7+,14-10+,15-11+,18-12+/t28-,29-,30+/m1/s1/i18+1. The van der Waals surface area contributed by atoms with Crippen LogP contribution in [0.5, 0.6) is 0 Å². The molecular weight excluding hydrogens is 501 g/mol. The van der Waals surface area contributed by atoms with Crippen LogP contribution in [-0.4, -0.2) is 51.4 Å². The molecule has 2 amide bonds. The van der Waals surface area contributed by atoms with Gasteiger partial charge in [-0.3, -0.25) is 19.2 Å². The van der Waals surface area contributed by atoms with Crippen molar-refractivity contribution in [3.05, 3.63) is 96.1 Å². The quantitative estimate of drug-likeness (QED) is 0.130. The lowest BCUT2D eigenvalue weighted by atomic mass is 9.93. The molecule has 3 rings (SSSR count). The number of amides is 2. The van der Waals surface area contributed by atoms with Crippen molar-refractivity contribution < 1.29 is 34.1 Å². The van der Waals surface area contributed by atoms with Gasteiger partial charge in [-0.05, 0) is 30.9 Å². The van der Waals surface area contributed by atoms with Crippen LogP contribution in [0, 0.1) is 5.92 Å². The minimum absolute atomic E-state index is 0.0484. The molecule has 0 unspecified atom stereocenters. The van der Waals surface area contributed by atoms with E-state index in [-0.39, 0.29) is 35.8 Å². The van der Waals surface area contributed by atoms with Gasteiger partial charge in [-0.15, -0.1) is 0 Å². The number of aliphatic hydroxyl groups is 2. The van der Waals surface area contributed by atoms with E-state index in [9.17, 15) is 29.4 Å². The number of nitrogens with one attached hydrogen (secondary N) is 2. The molecule has 0 radical (unpaired) electrons. The van der Waals surface area contributed by atoms with Crippen molar-refractivity contribution in [2.75, 3.05) is 0 Å². The molecule has 3 atom stereocenters. The highest BCUT2D eigenvalue weighted by molar-refractivity contribution is 6.06. The summed E-state index contributed by atoms with van der Waals surface area (Å²) >= 11 is 0. The molecule has 9 nitrogen and oxygen atoms in total. The third-order valence-electron chi connectivity index (χ3n) is 6.08. The van der Waals surface area contributed by atoms with Crippen molar-refractivity contribution in [2.45, 2.75) is 57.3 Å². The van der Waals surface area contributed by atoms with E-state index in [0.717, 1.165) is 12.8 Å². The minimum Gasteiger partial charge on any atom is -0.510 e. The Morgan fingerprint density at radius 1 is 1.00 bits per heavy atom. The fraction of sp³-hybridized carbons (Fsp3) is 0.333. The van der Waals surface area contributed by atoms with Crippen LogP contribution in [0.2, 0.25) is 0 Å². The summed E-state index contributed by atoms with van der Waals surface area (Å²) < 4.78 is 5.33. The van der Waals surface area contributed by atoms with Crippen molar-refractivity contribution >= 4 is 23.4 Å². The zero-order valence-corrected chi connectivity index (χ0v) is 22.0. The van der Waals surface area contributed by atoms with Crippen molar-refractivity contribution in [1.82, 2.24) is 10.6 Å². The highest BCUT2D eigenvalue weighted by atomic mass is 16.6. The predicted molar refractivity (Wildman–Crippen MR) is 146 cm³/mol. The molecule has 1 heterocycles. The summed E-state index contributed by atoms with van der Waals surface area (Å²) in [6, 6.07) is 0. The fourth-order valence-electron chi connectivity index (χ4n) is 3.92. The summed E-state index contributed by atoms with van der Waals surface area (Å²) in [5.74, 6) is -1.28. The normalized spacial score (nSPS) is 25.4. The summed E-state index contributed by atoms with van der Waals surface area (Å²) in [5.41, 5.74) is -1.73. The number of aliphatic hydroxyl groups excluding tert-OH is 1. The molecule has 39 heavy (non-hydrogen) atoms. The van der Waals surface area contributed by atoms with E-state index >= 15 is 0 Å². The van der Waals surface area contributed by atoms with Crippen LogP contribution < -0.4 is 10.6 Å². The number of hydrogen-bond donors (Lipinski definition) is 4. The molecule has 3 aliphatic rings. The molecular formula is C30H34N2O7. The third-order valence-corrected chi connectivity index (χ3v) is 6.08. The number of fused-ring (bicyclic) bond motifs is 1. The predicted octanol–water partition coefficient (Wildman–Crippen LogP) is 3.09. The maximum atomic E-state index is 12.5. The minimum atomic E-state index is -1.61. The van der Waals surface area contributed by atoms with Gasteiger partial charge in [0.25, 0.3) is 0 Å². The van der Waals surface area contributed by atoms with Gasteiger partial charge in [0, 0.05) is 25.0 Å². The van der Waals surface area contributed by atoms with Crippen LogP contribution in [0.4, 0.5) is 0 Å². The van der Waals surface area contributed by atoms with E-state index in [2.05, 4.69) is 30.6 Å². The van der Waals surface area contributed by atoms with Gasteiger partial charge in [-0.2, -0.15) is 0 Å². The van der Waals surface area contributed by atoms with E-state index in [1.165, 1.54) is 42.5 Å². The molecule has 206 valence electrons. The number of carbonyl (C=O) groups is 4. The maximum absolute atomic E-state index is 12.5. The molecule has 0 aromatic heterocycles. The molecule has 0 spiro atoms. The Morgan fingerprint density at radius 3 is 2.28 bits per heavy atom. The zero-order chi connectivity index (χ0) is 28.4. The second kappa shape index (κ2) is 13.6. The van der Waals surface area contributed by atoms with Gasteiger partial charge >= 0.3 is 0 Å². The topological polar surface area (TPSA) is 145 Å². The van der Waals surface area contributed by atoms with E-state index in [1.807, 2.05) is 12.2 Å². The Kier molecular flexibility index (Phi) is 10.3. The summed E-state index contributed by atoms with van der Waals surface area (Å²) in [5, 5.41) is 25.4. The molecule has 1 aliphatic heterocycles. The monoisotopic (exact) mass is 535 g/mol. The smallest absolute Gasteiger partial charge is 0.248 e. The molecule has 2 aliphatic carbocycles. The van der Waals surface area contributed by atoms with Crippen molar-refractivity contribution in [1.29, 1.82) is 0 Å². The summed E-state index contributed by atoms with van der Waals surface area (Å²) in [7, 11) is 0. The van der Waals surface area contributed by atoms with E-state index in [1.54, 1.807) is 18.2 Å². The third kappa shape index (κ3) is 8.73. The SMILES string of the molecule is CC(C)CC/C=C/C=C/C=C/C(=O)NC1=C[C@@](O)(/[13CH]=C/C=C/C=C/C(=O)NC2=C(O)CCC2=O)[C@@H]2O[C@@H]2C1=O. The molecule has 0 aromatic carbocycles. The van der Waals surface area contributed by atoms with E-state index in [0.29, 0.717) is 5.92 Å². The number of ether oxygens (including phenoxy) is 1. The lowest BCUT2D eigenvalue weighted by molar-refractivity contribution is -0.121. The number of epoxide rings is 1.